The number of hydrogen-bond donors (Lipinski definition) is 0. The summed E-state index contributed by atoms with van der Waals surface area (Å²) in [6.07, 6.45) is 22.4. The lowest BCUT2D eigenvalue weighted by Gasteiger charge is -2.38. The van der Waals surface area contributed by atoms with E-state index in [2.05, 4.69) is 130 Å². The summed E-state index contributed by atoms with van der Waals surface area (Å²) in [7, 11) is 0. The number of rotatable bonds is 20. The highest BCUT2D eigenvalue weighted by Crippen LogP contribution is 2.62. The molecule has 0 amide bonds. The lowest BCUT2D eigenvalue weighted by atomic mass is 9.65. The highest BCUT2D eigenvalue weighted by atomic mass is 32.1. The van der Waals surface area contributed by atoms with Crippen molar-refractivity contribution in [1.82, 2.24) is 0 Å². The molecule has 3 nitrogen and oxygen atoms in total. The first kappa shape index (κ1) is 45.7. The van der Waals surface area contributed by atoms with Crippen LogP contribution in [-0.4, -0.2) is 18.4 Å². The van der Waals surface area contributed by atoms with Gasteiger partial charge in [-0.2, -0.15) is 0 Å². The summed E-state index contributed by atoms with van der Waals surface area (Å²) in [6, 6.07) is 10.2. The first-order valence-electron chi connectivity index (χ1n) is 24.2. The van der Waals surface area contributed by atoms with Crippen molar-refractivity contribution in [3.63, 3.8) is 0 Å². The average Bonchev–Trinajstić information content (AvgIpc) is 3.96. The van der Waals surface area contributed by atoms with Crippen molar-refractivity contribution in [2.24, 2.45) is 27.7 Å². The molecule has 3 aromatic rings. The van der Waals surface area contributed by atoms with Crippen LogP contribution in [-0.2, 0) is 21.0 Å². The van der Waals surface area contributed by atoms with E-state index >= 15 is 0 Å². The van der Waals surface area contributed by atoms with Crippen molar-refractivity contribution in [3.8, 4) is 20.2 Å². The number of fused-ring (bicyclic) bond motifs is 4. The van der Waals surface area contributed by atoms with Gasteiger partial charge in [-0.3, -0.25) is 9.98 Å². The summed E-state index contributed by atoms with van der Waals surface area (Å²) >= 11 is 4.17. The Morgan fingerprint density at radius 3 is 1.74 bits per heavy atom. The first-order chi connectivity index (χ1) is 27.6. The van der Waals surface area contributed by atoms with Crippen molar-refractivity contribution in [3.05, 3.63) is 56.5 Å². The van der Waals surface area contributed by atoms with Gasteiger partial charge in [0.05, 0.1) is 16.8 Å². The molecule has 58 heavy (non-hydrogen) atoms. The summed E-state index contributed by atoms with van der Waals surface area (Å²) in [4.78, 5) is 17.5. The third-order valence-corrected chi connectivity index (χ3v) is 17.4. The van der Waals surface area contributed by atoms with E-state index in [4.69, 9.17) is 14.7 Å². The lowest BCUT2D eigenvalue weighted by molar-refractivity contribution is -0.00595. The molecule has 0 saturated heterocycles. The number of ether oxygens (including phenoxy) is 1. The standard InChI is InChI=1S/C53H82N2OS2/c1-13-19-22-36(16-4)33-52(34-37(17-5)23-20-14-2)42-31-44(57-48(42)49-43(52)32-45(58-49)51(10,11)12)40-25-26-41(50(7,8)9)47-46(40)54-53(55-47)29-27-39(28-30-53)56-35-38(18-6)24-21-15-3/h25-26,31-32,36-39H,13-24,27-30,33-35H2,1-12H3. The summed E-state index contributed by atoms with van der Waals surface area (Å²) in [5, 5.41) is 2.33. The maximum atomic E-state index is 6.62. The second-order valence-electron chi connectivity index (χ2n) is 21.0. The zero-order chi connectivity index (χ0) is 41.9. The van der Waals surface area contributed by atoms with Crippen molar-refractivity contribution in [2.75, 3.05) is 6.61 Å². The van der Waals surface area contributed by atoms with Crippen LogP contribution in [0.3, 0.4) is 0 Å². The molecule has 322 valence electrons. The van der Waals surface area contributed by atoms with Crippen LogP contribution >= 0.6 is 22.7 Å². The van der Waals surface area contributed by atoms with Gasteiger partial charge < -0.3 is 4.74 Å². The number of hydrogen-bond acceptors (Lipinski definition) is 5. The molecule has 6 rings (SSSR count). The highest BCUT2D eigenvalue weighted by molar-refractivity contribution is 7.24. The van der Waals surface area contributed by atoms with E-state index in [1.807, 2.05) is 0 Å². The minimum atomic E-state index is -0.363. The molecule has 0 N–H and O–H groups in total. The van der Waals surface area contributed by atoms with E-state index < -0.39 is 0 Å². The van der Waals surface area contributed by atoms with E-state index in [-0.39, 0.29) is 21.9 Å². The maximum absolute atomic E-state index is 6.62. The molecule has 2 aromatic heterocycles. The van der Waals surface area contributed by atoms with E-state index in [9.17, 15) is 0 Å². The quantitative estimate of drug-likeness (QED) is 0.112. The van der Waals surface area contributed by atoms with E-state index in [1.165, 1.54) is 106 Å². The second kappa shape index (κ2) is 19.1. The normalized spacial score (nSPS) is 23.0. The smallest absolute Gasteiger partial charge is 0.151 e. The number of benzene rings is 1. The molecule has 2 aliphatic carbocycles. The van der Waals surface area contributed by atoms with Gasteiger partial charge in [-0.15, -0.1) is 22.7 Å². The van der Waals surface area contributed by atoms with Gasteiger partial charge in [-0.25, -0.2) is 0 Å². The number of unbranched alkanes of at least 4 members (excludes halogenated alkanes) is 3. The zero-order valence-corrected chi connectivity index (χ0v) is 40.8. The van der Waals surface area contributed by atoms with Crippen LogP contribution in [0.5, 0.6) is 0 Å². The van der Waals surface area contributed by atoms with Gasteiger partial charge in [0, 0.05) is 37.1 Å². The Labute approximate surface area is 363 Å². The Bertz CT molecular complexity index is 1910. The molecule has 3 heterocycles. The van der Waals surface area contributed by atoms with Crippen LogP contribution in [0.25, 0.3) is 20.2 Å². The molecule has 1 aliphatic heterocycles. The fraction of sp³-hybridized carbons (Fsp3) is 0.736. The number of nitrogens with zero attached hydrogens (tertiary/aromatic N) is 2. The summed E-state index contributed by atoms with van der Waals surface area (Å²) in [6.45, 7) is 29.5. The second-order valence-corrected chi connectivity index (χ2v) is 23.1. The molecule has 3 unspecified atom stereocenters. The summed E-state index contributed by atoms with van der Waals surface area (Å²) in [5.41, 5.74) is 5.77. The Hall–Kier alpha value is -1.82. The summed E-state index contributed by atoms with van der Waals surface area (Å²) < 4.78 is 6.62. The first-order valence-corrected chi connectivity index (χ1v) is 25.8. The van der Waals surface area contributed by atoms with Gasteiger partial charge in [0.2, 0.25) is 0 Å². The SMILES string of the molecule is CCCCC(CC)COC1CCC2(CC1)N=c1c(-c3cc4c(s3)-c3sc(C(C)(C)C)cc3C4(CC(CC)CCCC)CC(CC)CCCC)ccc(C(C)(C)C)c1=N2. The molecule has 0 radical (unpaired) electrons. The van der Waals surface area contributed by atoms with Gasteiger partial charge in [-0.1, -0.05) is 166 Å². The van der Waals surface area contributed by atoms with Crippen LogP contribution in [0.1, 0.15) is 220 Å². The van der Waals surface area contributed by atoms with Gasteiger partial charge >= 0.3 is 0 Å². The van der Waals surface area contributed by atoms with E-state index in [1.54, 1.807) is 25.8 Å². The van der Waals surface area contributed by atoms with Crippen LogP contribution in [0.15, 0.2) is 34.3 Å². The minimum Gasteiger partial charge on any atom is -0.378 e. The Kier molecular flexibility index (Phi) is 15.0. The lowest BCUT2D eigenvalue weighted by Crippen LogP contribution is -2.34. The van der Waals surface area contributed by atoms with Crippen LogP contribution < -0.4 is 10.7 Å². The van der Waals surface area contributed by atoms with Crippen LogP contribution in [0.2, 0.25) is 0 Å². The average molecular weight is 827 g/mol. The molecule has 3 aliphatic rings. The third kappa shape index (κ3) is 9.62. The van der Waals surface area contributed by atoms with Crippen molar-refractivity contribution >= 4 is 22.7 Å². The van der Waals surface area contributed by atoms with E-state index in [0.29, 0.717) is 12.0 Å². The van der Waals surface area contributed by atoms with Gasteiger partial charge in [0.15, 0.2) is 5.66 Å². The molecule has 1 spiro atoms. The van der Waals surface area contributed by atoms with E-state index in [0.717, 1.165) is 54.8 Å². The highest BCUT2D eigenvalue weighted by Gasteiger charge is 2.49. The van der Waals surface area contributed by atoms with Crippen LogP contribution in [0, 0.1) is 17.8 Å². The van der Waals surface area contributed by atoms with Crippen molar-refractivity contribution in [2.45, 2.75) is 227 Å². The molecule has 1 aromatic carbocycles. The summed E-state index contributed by atoms with van der Waals surface area (Å²) in [5.74, 6) is 2.15. The van der Waals surface area contributed by atoms with Crippen LogP contribution in [0.4, 0.5) is 0 Å². The zero-order valence-electron chi connectivity index (χ0n) is 39.2. The largest absolute Gasteiger partial charge is 0.378 e. The monoisotopic (exact) mass is 827 g/mol. The Balaban J connectivity index is 1.45. The van der Waals surface area contributed by atoms with Crippen molar-refractivity contribution < 1.29 is 4.74 Å². The molecule has 3 atom stereocenters. The molecule has 1 saturated carbocycles. The minimum absolute atomic E-state index is 0.00989. The maximum Gasteiger partial charge on any atom is 0.151 e. The van der Waals surface area contributed by atoms with Crippen molar-refractivity contribution in [1.29, 1.82) is 0 Å². The molecule has 1 fully saturated rings. The van der Waals surface area contributed by atoms with Gasteiger partial charge in [-0.05, 0) is 102 Å². The molecule has 5 heteroatoms. The number of thiophene rings is 2. The molecular weight excluding hydrogens is 745 g/mol. The topological polar surface area (TPSA) is 34.0 Å². The fourth-order valence-electron chi connectivity index (χ4n) is 10.5. The molecule has 0 bridgehead atoms. The third-order valence-electron chi connectivity index (χ3n) is 14.5. The molecular formula is C53H82N2OS2. The predicted molar refractivity (Wildman–Crippen MR) is 254 cm³/mol. The fourth-order valence-corrected chi connectivity index (χ4v) is 13.3. The Morgan fingerprint density at radius 1 is 0.672 bits per heavy atom. The van der Waals surface area contributed by atoms with Gasteiger partial charge in [0.1, 0.15) is 0 Å². The van der Waals surface area contributed by atoms with Gasteiger partial charge in [0.25, 0.3) is 0 Å². The Morgan fingerprint density at radius 2 is 1.21 bits per heavy atom. The predicted octanol–water partition coefficient (Wildman–Crippen LogP) is 15.7.